The number of imidazole rings is 1. The minimum Gasteiger partial charge on any atom is -0.451 e. The third kappa shape index (κ3) is 2.60. The molecule has 1 fully saturated rings. The second kappa shape index (κ2) is 6.49. The molecule has 144 valence electrons. The summed E-state index contributed by atoms with van der Waals surface area (Å²) in [6.45, 7) is 3.61. The van der Waals surface area contributed by atoms with Gasteiger partial charge in [-0.05, 0) is 19.4 Å². The quantitative estimate of drug-likeness (QED) is 0.681. The largest absolute Gasteiger partial charge is 0.451 e. The second-order valence-corrected chi connectivity index (χ2v) is 7.17. The Balaban J connectivity index is 1.47. The number of fused-ring (bicyclic) bond motifs is 2. The fraction of sp³-hybridized carbons (Fsp3) is 0.350. The molecule has 1 aromatic carbocycles. The number of para-hydroxylation sites is 1. The van der Waals surface area contributed by atoms with Crippen LogP contribution in [0.3, 0.4) is 0 Å². The summed E-state index contributed by atoms with van der Waals surface area (Å²) in [5, 5.41) is 2.32. The van der Waals surface area contributed by atoms with Crippen molar-refractivity contribution in [1.29, 1.82) is 0 Å². The molecular formula is C20H20N4O4. The molecule has 1 saturated heterocycles. The highest BCUT2D eigenvalue weighted by atomic mass is 16.7. The van der Waals surface area contributed by atoms with Gasteiger partial charge in [-0.25, -0.2) is 10.0 Å². The molecule has 3 aromatic rings. The summed E-state index contributed by atoms with van der Waals surface area (Å²) in [5.41, 5.74) is 2.31. The van der Waals surface area contributed by atoms with Crippen molar-refractivity contribution in [3.05, 3.63) is 53.8 Å². The normalized spacial score (nSPS) is 19.2. The van der Waals surface area contributed by atoms with Gasteiger partial charge in [0.05, 0.1) is 38.3 Å². The van der Waals surface area contributed by atoms with E-state index >= 15 is 0 Å². The summed E-state index contributed by atoms with van der Waals surface area (Å²) in [6, 6.07) is 7.03. The first-order valence-corrected chi connectivity index (χ1v) is 9.36. The first-order chi connectivity index (χ1) is 13.6. The van der Waals surface area contributed by atoms with Gasteiger partial charge >= 0.3 is 0 Å². The molecule has 28 heavy (non-hydrogen) atoms. The lowest BCUT2D eigenvalue weighted by atomic mass is 10.1. The topological polar surface area (TPSA) is 80.8 Å². The number of aromatic nitrogens is 2. The number of hydroxylamine groups is 2. The van der Waals surface area contributed by atoms with Gasteiger partial charge in [0, 0.05) is 17.1 Å². The Kier molecular flexibility index (Phi) is 3.94. The van der Waals surface area contributed by atoms with Crippen molar-refractivity contribution in [3.63, 3.8) is 0 Å². The predicted molar refractivity (Wildman–Crippen MR) is 99.2 cm³/mol. The van der Waals surface area contributed by atoms with Crippen molar-refractivity contribution in [3.8, 4) is 0 Å². The summed E-state index contributed by atoms with van der Waals surface area (Å²) >= 11 is 0. The number of rotatable bonds is 2. The maximum Gasteiger partial charge on any atom is 0.290 e. The number of aryl methyl sites for hydroxylation is 1. The minimum atomic E-state index is -0.557. The van der Waals surface area contributed by atoms with E-state index in [1.807, 2.05) is 35.8 Å². The molecule has 8 nitrogen and oxygen atoms in total. The third-order valence-corrected chi connectivity index (χ3v) is 5.44. The standard InChI is InChI=1S/C20H20N4O4/c1-13-15-5-2-3-6-17(15)28-18(13)20(26)22-10-14-9-21-12-23(14)16(11-22)19(25)24-7-4-8-27-24/h2-3,5-6,9,12,16H,4,7-8,10-11H2,1H3/t16-/m1/s1. The zero-order valence-electron chi connectivity index (χ0n) is 15.5. The fourth-order valence-electron chi connectivity index (χ4n) is 3.95. The van der Waals surface area contributed by atoms with Gasteiger partial charge in [0.2, 0.25) is 0 Å². The highest BCUT2D eigenvalue weighted by molar-refractivity contribution is 5.99. The molecule has 0 aliphatic carbocycles. The third-order valence-electron chi connectivity index (χ3n) is 5.44. The van der Waals surface area contributed by atoms with Crippen LogP contribution < -0.4 is 0 Å². The Labute approximate surface area is 161 Å². The van der Waals surface area contributed by atoms with E-state index in [4.69, 9.17) is 9.25 Å². The zero-order chi connectivity index (χ0) is 19.3. The van der Waals surface area contributed by atoms with Crippen molar-refractivity contribution >= 4 is 22.8 Å². The lowest BCUT2D eigenvalue weighted by molar-refractivity contribution is -0.173. The van der Waals surface area contributed by atoms with Crippen LogP contribution in [0.5, 0.6) is 0 Å². The predicted octanol–water partition coefficient (Wildman–Crippen LogP) is 2.30. The number of benzene rings is 1. The highest BCUT2D eigenvalue weighted by Gasteiger charge is 2.37. The number of amides is 2. The van der Waals surface area contributed by atoms with Gasteiger partial charge in [-0.15, -0.1) is 0 Å². The average Bonchev–Trinajstić information content (AvgIpc) is 3.46. The smallest absolute Gasteiger partial charge is 0.290 e. The zero-order valence-corrected chi connectivity index (χ0v) is 15.5. The van der Waals surface area contributed by atoms with Gasteiger partial charge < -0.3 is 13.9 Å². The lowest BCUT2D eigenvalue weighted by Gasteiger charge is -2.34. The molecule has 1 atom stereocenters. The molecule has 2 aliphatic rings. The molecule has 0 spiro atoms. The van der Waals surface area contributed by atoms with E-state index in [0.717, 1.165) is 23.1 Å². The molecule has 5 rings (SSSR count). The van der Waals surface area contributed by atoms with Gasteiger partial charge in [0.1, 0.15) is 11.6 Å². The average molecular weight is 380 g/mol. The van der Waals surface area contributed by atoms with Gasteiger partial charge in [-0.2, -0.15) is 0 Å². The molecule has 0 radical (unpaired) electrons. The number of hydrogen-bond acceptors (Lipinski definition) is 5. The molecular weight excluding hydrogens is 360 g/mol. The van der Waals surface area contributed by atoms with E-state index in [1.54, 1.807) is 17.4 Å². The number of carbonyl (C=O) groups excluding carboxylic acids is 2. The van der Waals surface area contributed by atoms with Crippen molar-refractivity contribution in [2.24, 2.45) is 0 Å². The molecule has 8 heteroatoms. The van der Waals surface area contributed by atoms with E-state index in [0.29, 0.717) is 31.0 Å². The van der Waals surface area contributed by atoms with Crippen molar-refractivity contribution in [2.45, 2.75) is 25.9 Å². The summed E-state index contributed by atoms with van der Waals surface area (Å²) in [6.07, 6.45) is 4.15. The van der Waals surface area contributed by atoms with Crippen LogP contribution in [-0.4, -0.2) is 51.0 Å². The first-order valence-electron chi connectivity index (χ1n) is 9.36. The Morgan fingerprint density at radius 3 is 2.89 bits per heavy atom. The van der Waals surface area contributed by atoms with Crippen molar-refractivity contribution in [2.75, 3.05) is 19.7 Å². The van der Waals surface area contributed by atoms with Crippen LogP contribution in [0.15, 0.2) is 41.2 Å². The van der Waals surface area contributed by atoms with Crippen LogP contribution in [0.1, 0.15) is 34.3 Å². The Bertz CT molecular complexity index is 1060. The SMILES string of the molecule is Cc1c(C(=O)N2Cc3cncn3[C@@H](C(=O)N3CCCO3)C2)oc2ccccc12. The molecule has 2 aromatic heterocycles. The molecule has 0 N–H and O–H groups in total. The Morgan fingerprint density at radius 2 is 2.11 bits per heavy atom. The maximum absolute atomic E-state index is 13.3. The monoisotopic (exact) mass is 380 g/mol. The number of hydrogen-bond donors (Lipinski definition) is 0. The molecule has 0 saturated carbocycles. The summed E-state index contributed by atoms with van der Waals surface area (Å²) in [5.74, 6) is -0.0605. The highest BCUT2D eigenvalue weighted by Crippen LogP contribution is 2.29. The summed E-state index contributed by atoms with van der Waals surface area (Å²) < 4.78 is 7.68. The minimum absolute atomic E-state index is 0.157. The number of carbonyl (C=O) groups is 2. The van der Waals surface area contributed by atoms with E-state index < -0.39 is 6.04 Å². The van der Waals surface area contributed by atoms with Crippen LogP contribution in [-0.2, 0) is 16.2 Å². The van der Waals surface area contributed by atoms with Crippen molar-refractivity contribution < 1.29 is 18.8 Å². The summed E-state index contributed by atoms with van der Waals surface area (Å²) in [4.78, 5) is 37.5. The molecule has 0 unspecified atom stereocenters. The van der Waals surface area contributed by atoms with E-state index in [1.165, 1.54) is 5.06 Å². The first kappa shape index (κ1) is 17.0. The van der Waals surface area contributed by atoms with Crippen LogP contribution in [0.4, 0.5) is 0 Å². The number of furan rings is 1. The van der Waals surface area contributed by atoms with Crippen LogP contribution >= 0.6 is 0 Å². The molecule has 4 heterocycles. The van der Waals surface area contributed by atoms with Gasteiger partial charge in [-0.3, -0.25) is 14.4 Å². The van der Waals surface area contributed by atoms with Gasteiger partial charge in [0.25, 0.3) is 11.8 Å². The van der Waals surface area contributed by atoms with Crippen LogP contribution in [0.25, 0.3) is 11.0 Å². The van der Waals surface area contributed by atoms with Gasteiger partial charge in [-0.1, -0.05) is 18.2 Å². The fourth-order valence-corrected chi connectivity index (χ4v) is 3.95. The molecule has 2 aliphatic heterocycles. The summed E-state index contributed by atoms with van der Waals surface area (Å²) in [7, 11) is 0. The lowest BCUT2D eigenvalue weighted by Crippen LogP contribution is -2.47. The van der Waals surface area contributed by atoms with Crippen molar-refractivity contribution in [1.82, 2.24) is 19.5 Å². The van der Waals surface area contributed by atoms with Gasteiger partial charge in [0.15, 0.2) is 5.76 Å². The molecule has 0 bridgehead atoms. The van der Waals surface area contributed by atoms with Crippen LogP contribution in [0.2, 0.25) is 0 Å². The number of nitrogens with zero attached hydrogens (tertiary/aromatic N) is 4. The second-order valence-electron chi connectivity index (χ2n) is 7.17. The van der Waals surface area contributed by atoms with E-state index in [-0.39, 0.29) is 18.4 Å². The molecule has 2 amide bonds. The Hall–Kier alpha value is -3.13. The maximum atomic E-state index is 13.3. The van der Waals surface area contributed by atoms with E-state index in [2.05, 4.69) is 4.98 Å². The van der Waals surface area contributed by atoms with Crippen LogP contribution in [0, 0.1) is 6.92 Å². The van der Waals surface area contributed by atoms with E-state index in [9.17, 15) is 9.59 Å². The Morgan fingerprint density at radius 1 is 1.25 bits per heavy atom.